The molecule has 1 aliphatic carbocycles. The number of aliphatic hydroxyl groups is 1. The SMILES string of the molecule is CN1CCN(c2cc(C(=O)NCC3(O)CCCCC3)ccn2)CC1. The van der Waals surface area contributed by atoms with E-state index >= 15 is 0 Å². The first-order valence-electron chi connectivity index (χ1n) is 8.96. The number of rotatable bonds is 4. The number of carbonyl (C=O) groups excluding carboxylic acids is 1. The molecule has 1 saturated carbocycles. The average molecular weight is 332 g/mol. The maximum absolute atomic E-state index is 12.4. The summed E-state index contributed by atoms with van der Waals surface area (Å²) in [5.41, 5.74) is -0.125. The molecule has 0 spiro atoms. The molecular weight excluding hydrogens is 304 g/mol. The van der Waals surface area contributed by atoms with E-state index < -0.39 is 5.60 Å². The van der Waals surface area contributed by atoms with Gasteiger partial charge in [0.05, 0.1) is 5.60 Å². The molecule has 0 atom stereocenters. The Labute approximate surface area is 143 Å². The Hall–Kier alpha value is -1.66. The van der Waals surface area contributed by atoms with E-state index in [2.05, 4.69) is 27.1 Å². The topological polar surface area (TPSA) is 68.7 Å². The number of hydrogen-bond acceptors (Lipinski definition) is 5. The monoisotopic (exact) mass is 332 g/mol. The molecule has 1 aliphatic heterocycles. The van der Waals surface area contributed by atoms with Crippen molar-refractivity contribution in [3.05, 3.63) is 23.9 Å². The summed E-state index contributed by atoms with van der Waals surface area (Å²) in [4.78, 5) is 21.4. The molecule has 6 heteroatoms. The van der Waals surface area contributed by atoms with Crippen LogP contribution >= 0.6 is 0 Å². The summed E-state index contributed by atoms with van der Waals surface area (Å²) in [6.45, 7) is 4.19. The maximum atomic E-state index is 12.4. The van der Waals surface area contributed by atoms with Gasteiger partial charge in [0, 0.05) is 44.5 Å². The predicted molar refractivity (Wildman–Crippen MR) is 94.3 cm³/mol. The minimum Gasteiger partial charge on any atom is -0.388 e. The number of nitrogens with one attached hydrogen (secondary N) is 1. The van der Waals surface area contributed by atoms with Crippen LogP contribution in [0.2, 0.25) is 0 Å². The molecule has 1 aromatic rings. The Balaban J connectivity index is 1.59. The van der Waals surface area contributed by atoms with Gasteiger partial charge in [0.1, 0.15) is 5.82 Å². The van der Waals surface area contributed by atoms with Crippen LogP contribution < -0.4 is 10.2 Å². The Kier molecular flexibility index (Phi) is 5.36. The second-order valence-corrected chi connectivity index (χ2v) is 7.16. The van der Waals surface area contributed by atoms with Gasteiger partial charge in [-0.25, -0.2) is 4.98 Å². The van der Waals surface area contributed by atoms with Crippen molar-refractivity contribution < 1.29 is 9.90 Å². The summed E-state index contributed by atoms with van der Waals surface area (Å²) in [5, 5.41) is 13.4. The quantitative estimate of drug-likeness (QED) is 0.869. The van der Waals surface area contributed by atoms with Crippen LogP contribution in [0, 0.1) is 0 Å². The molecule has 1 amide bonds. The van der Waals surface area contributed by atoms with Crippen molar-refractivity contribution in [2.45, 2.75) is 37.7 Å². The number of piperazine rings is 1. The van der Waals surface area contributed by atoms with Gasteiger partial charge in [-0.1, -0.05) is 19.3 Å². The van der Waals surface area contributed by atoms with Gasteiger partial charge in [-0.3, -0.25) is 4.79 Å². The Morgan fingerprint density at radius 1 is 1.25 bits per heavy atom. The normalized spacial score (nSPS) is 21.5. The lowest BCUT2D eigenvalue weighted by atomic mass is 9.85. The zero-order chi connectivity index (χ0) is 17.0. The lowest BCUT2D eigenvalue weighted by molar-refractivity contribution is 0.00526. The standard InChI is InChI=1S/C18H28N4O2/c1-21-9-11-22(12-10-21)16-13-15(5-8-19-16)17(23)20-14-18(24)6-3-2-4-7-18/h5,8,13,24H,2-4,6-7,9-12,14H2,1H3,(H,20,23). The van der Waals surface area contributed by atoms with Crippen molar-refractivity contribution in [3.8, 4) is 0 Å². The van der Waals surface area contributed by atoms with Crippen LogP contribution in [0.1, 0.15) is 42.5 Å². The Morgan fingerprint density at radius 3 is 2.67 bits per heavy atom. The highest BCUT2D eigenvalue weighted by atomic mass is 16.3. The first-order chi connectivity index (χ1) is 11.6. The van der Waals surface area contributed by atoms with Gasteiger partial charge in [-0.05, 0) is 32.0 Å². The second kappa shape index (κ2) is 7.49. The van der Waals surface area contributed by atoms with Crippen LogP contribution in [0.15, 0.2) is 18.3 Å². The molecule has 6 nitrogen and oxygen atoms in total. The van der Waals surface area contributed by atoms with E-state index in [1.807, 2.05) is 6.07 Å². The van der Waals surface area contributed by atoms with Crippen molar-refractivity contribution >= 4 is 11.7 Å². The van der Waals surface area contributed by atoms with Gasteiger partial charge in [0.15, 0.2) is 0 Å². The molecule has 2 heterocycles. The van der Waals surface area contributed by atoms with Crippen molar-refractivity contribution in [3.63, 3.8) is 0 Å². The molecule has 1 saturated heterocycles. The largest absolute Gasteiger partial charge is 0.388 e. The Bertz CT molecular complexity index is 564. The van der Waals surface area contributed by atoms with E-state index in [1.54, 1.807) is 12.3 Å². The van der Waals surface area contributed by atoms with Gasteiger partial charge in [0.25, 0.3) is 5.91 Å². The minimum absolute atomic E-state index is 0.133. The zero-order valence-corrected chi connectivity index (χ0v) is 14.5. The second-order valence-electron chi connectivity index (χ2n) is 7.16. The molecule has 1 aromatic heterocycles. The first-order valence-corrected chi connectivity index (χ1v) is 8.96. The lowest BCUT2D eigenvalue weighted by Crippen LogP contribution is -2.45. The molecule has 24 heavy (non-hydrogen) atoms. The number of aromatic nitrogens is 1. The molecule has 3 rings (SSSR count). The lowest BCUT2D eigenvalue weighted by Gasteiger charge is -2.33. The van der Waals surface area contributed by atoms with Crippen molar-refractivity contribution in [2.24, 2.45) is 0 Å². The molecule has 0 radical (unpaired) electrons. The van der Waals surface area contributed by atoms with Crippen LogP contribution in [0.4, 0.5) is 5.82 Å². The van der Waals surface area contributed by atoms with Crippen molar-refractivity contribution in [1.29, 1.82) is 0 Å². The molecule has 2 fully saturated rings. The summed E-state index contributed by atoms with van der Waals surface area (Å²) in [5.74, 6) is 0.721. The van der Waals surface area contributed by atoms with E-state index in [1.165, 1.54) is 6.42 Å². The third kappa shape index (κ3) is 4.24. The summed E-state index contributed by atoms with van der Waals surface area (Å²) in [7, 11) is 2.12. The third-order valence-electron chi connectivity index (χ3n) is 5.20. The molecular formula is C18H28N4O2. The van der Waals surface area contributed by atoms with Crippen LogP contribution in [0.5, 0.6) is 0 Å². The van der Waals surface area contributed by atoms with Gasteiger partial charge in [0.2, 0.25) is 0 Å². The fraction of sp³-hybridized carbons (Fsp3) is 0.667. The first kappa shape index (κ1) is 17.2. The van der Waals surface area contributed by atoms with Crippen LogP contribution in [-0.2, 0) is 0 Å². The summed E-state index contributed by atoms with van der Waals surface area (Å²) >= 11 is 0. The molecule has 132 valence electrons. The van der Waals surface area contributed by atoms with Crippen molar-refractivity contribution in [1.82, 2.24) is 15.2 Å². The maximum Gasteiger partial charge on any atom is 0.251 e. The van der Waals surface area contributed by atoms with Crippen LogP contribution in [0.25, 0.3) is 0 Å². The molecule has 0 bridgehead atoms. The van der Waals surface area contributed by atoms with Crippen molar-refractivity contribution in [2.75, 3.05) is 44.7 Å². The fourth-order valence-corrected chi connectivity index (χ4v) is 3.50. The van der Waals surface area contributed by atoms with E-state index in [0.717, 1.165) is 57.7 Å². The van der Waals surface area contributed by atoms with Gasteiger partial charge in [-0.15, -0.1) is 0 Å². The number of pyridine rings is 1. The Morgan fingerprint density at radius 2 is 1.96 bits per heavy atom. The van der Waals surface area contributed by atoms with Crippen LogP contribution in [0.3, 0.4) is 0 Å². The van der Waals surface area contributed by atoms with E-state index in [0.29, 0.717) is 12.1 Å². The number of carbonyl (C=O) groups is 1. The highest BCUT2D eigenvalue weighted by molar-refractivity contribution is 5.94. The smallest absolute Gasteiger partial charge is 0.251 e. The highest BCUT2D eigenvalue weighted by Gasteiger charge is 2.29. The van der Waals surface area contributed by atoms with Gasteiger partial charge < -0.3 is 20.2 Å². The fourth-order valence-electron chi connectivity index (χ4n) is 3.50. The number of anilines is 1. The van der Waals surface area contributed by atoms with Crippen LogP contribution in [-0.4, -0.2) is 66.3 Å². The van der Waals surface area contributed by atoms with E-state index in [4.69, 9.17) is 0 Å². The van der Waals surface area contributed by atoms with Gasteiger partial charge >= 0.3 is 0 Å². The molecule has 0 aromatic carbocycles. The molecule has 2 aliphatic rings. The number of nitrogens with zero attached hydrogens (tertiary/aromatic N) is 3. The molecule has 2 N–H and O–H groups in total. The van der Waals surface area contributed by atoms with E-state index in [9.17, 15) is 9.90 Å². The average Bonchev–Trinajstić information content (AvgIpc) is 2.61. The summed E-state index contributed by atoms with van der Waals surface area (Å²) < 4.78 is 0. The number of hydrogen-bond donors (Lipinski definition) is 2. The predicted octanol–water partition coefficient (Wildman–Crippen LogP) is 1.26. The zero-order valence-electron chi connectivity index (χ0n) is 14.5. The summed E-state index contributed by atoms with van der Waals surface area (Å²) in [6, 6.07) is 3.59. The number of amides is 1. The molecule has 0 unspecified atom stereocenters. The third-order valence-corrected chi connectivity index (χ3v) is 5.20. The highest BCUT2D eigenvalue weighted by Crippen LogP contribution is 2.27. The minimum atomic E-state index is -0.735. The summed E-state index contributed by atoms with van der Waals surface area (Å²) in [6.07, 6.45) is 6.49. The number of likely N-dealkylation sites (N-methyl/N-ethyl adjacent to an activating group) is 1. The van der Waals surface area contributed by atoms with E-state index in [-0.39, 0.29) is 5.91 Å². The van der Waals surface area contributed by atoms with Gasteiger partial charge in [-0.2, -0.15) is 0 Å².